The molecule has 0 bridgehead atoms. The number of amides is 1. The van der Waals surface area contributed by atoms with Crippen LogP contribution in [-0.2, 0) is 14.8 Å². The van der Waals surface area contributed by atoms with Gasteiger partial charge in [-0.15, -0.1) is 0 Å². The van der Waals surface area contributed by atoms with Gasteiger partial charge in [0.05, 0.1) is 18.5 Å². The SMILES string of the molecule is Cc1ccccc1N(CCCC(=O)NCCOc1ccc2ccccc2c1)S(C)(=O)=O. The highest BCUT2D eigenvalue weighted by Crippen LogP contribution is 2.22. The topological polar surface area (TPSA) is 75.7 Å². The van der Waals surface area contributed by atoms with Gasteiger partial charge in [-0.25, -0.2) is 8.42 Å². The van der Waals surface area contributed by atoms with Crippen molar-refractivity contribution < 1.29 is 17.9 Å². The number of sulfonamides is 1. The van der Waals surface area contributed by atoms with E-state index in [1.807, 2.05) is 67.6 Å². The summed E-state index contributed by atoms with van der Waals surface area (Å²) in [4.78, 5) is 12.1. The van der Waals surface area contributed by atoms with Crippen molar-refractivity contribution in [2.45, 2.75) is 19.8 Å². The van der Waals surface area contributed by atoms with Crippen LogP contribution in [0, 0.1) is 6.92 Å². The summed E-state index contributed by atoms with van der Waals surface area (Å²) in [5, 5.41) is 5.08. The predicted octanol–water partition coefficient (Wildman–Crippen LogP) is 3.89. The molecule has 3 rings (SSSR count). The Morgan fingerprint density at radius 3 is 2.45 bits per heavy atom. The maximum atomic E-state index is 12.2. The maximum absolute atomic E-state index is 12.2. The number of carbonyl (C=O) groups excluding carboxylic acids is 1. The summed E-state index contributed by atoms with van der Waals surface area (Å²) in [7, 11) is -3.42. The number of fused-ring (bicyclic) bond motifs is 1. The summed E-state index contributed by atoms with van der Waals surface area (Å²) in [5.41, 5.74) is 1.53. The lowest BCUT2D eigenvalue weighted by atomic mass is 10.1. The first-order chi connectivity index (χ1) is 14.8. The Hall–Kier alpha value is -3.06. The van der Waals surface area contributed by atoms with Crippen LogP contribution in [0.3, 0.4) is 0 Å². The molecule has 7 heteroatoms. The molecule has 3 aromatic carbocycles. The van der Waals surface area contributed by atoms with Crippen molar-refractivity contribution >= 4 is 32.4 Å². The molecule has 0 aliphatic heterocycles. The normalized spacial score (nSPS) is 11.3. The third-order valence-electron chi connectivity index (χ3n) is 4.96. The quantitative estimate of drug-likeness (QED) is 0.485. The molecule has 0 radical (unpaired) electrons. The first kappa shape index (κ1) is 22.6. The number of hydrogen-bond donors (Lipinski definition) is 1. The number of aryl methyl sites for hydroxylation is 1. The van der Waals surface area contributed by atoms with Crippen LogP contribution in [0.5, 0.6) is 5.75 Å². The van der Waals surface area contributed by atoms with Gasteiger partial charge in [0, 0.05) is 13.0 Å². The number of hydrogen-bond acceptors (Lipinski definition) is 4. The summed E-state index contributed by atoms with van der Waals surface area (Å²) in [5.74, 6) is 0.635. The van der Waals surface area contributed by atoms with Crippen molar-refractivity contribution in [2.24, 2.45) is 0 Å². The van der Waals surface area contributed by atoms with Gasteiger partial charge in [0.25, 0.3) is 0 Å². The van der Waals surface area contributed by atoms with E-state index in [2.05, 4.69) is 5.32 Å². The smallest absolute Gasteiger partial charge is 0.232 e. The number of nitrogens with zero attached hydrogens (tertiary/aromatic N) is 1. The van der Waals surface area contributed by atoms with Gasteiger partial charge in [0.2, 0.25) is 15.9 Å². The van der Waals surface area contributed by atoms with Crippen LogP contribution in [0.4, 0.5) is 5.69 Å². The summed E-state index contributed by atoms with van der Waals surface area (Å²) in [6.07, 6.45) is 1.86. The van der Waals surface area contributed by atoms with Crippen LogP contribution in [-0.4, -0.2) is 40.3 Å². The zero-order valence-electron chi connectivity index (χ0n) is 17.9. The minimum atomic E-state index is -3.42. The number of rotatable bonds is 10. The van der Waals surface area contributed by atoms with E-state index in [1.165, 1.54) is 10.6 Å². The molecule has 0 saturated heterocycles. The van der Waals surface area contributed by atoms with E-state index >= 15 is 0 Å². The largest absolute Gasteiger partial charge is 0.492 e. The second-order valence-corrected chi connectivity index (χ2v) is 9.34. The molecule has 0 saturated carbocycles. The number of ether oxygens (including phenoxy) is 1. The van der Waals surface area contributed by atoms with E-state index in [0.29, 0.717) is 25.3 Å². The highest BCUT2D eigenvalue weighted by Gasteiger charge is 2.18. The molecule has 0 aliphatic carbocycles. The molecule has 0 aliphatic rings. The van der Waals surface area contributed by atoms with E-state index in [1.54, 1.807) is 6.07 Å². The van der Waals surface area contributed by atoms with E-state index in [-0.39, 0.29) is 18.9 Å². The maximum Gasteiger partial charge on any atom is 0.232 e. The lowest BCUT2D eigenvalue weighted by Crippen LogP contribution is -2.33. The number of carbonyl (C=O) groups is 1. The Morgan fingerprint density at radius 2 is 1.71 bits per heavy atom. The fraction of sp³-hybridized carbons (Fsp3) is 0.292. The zero-order valence-corrected chi connectivity index (χ0v) is 18.7. The lowest BCUT2D eigenvalue weighted by molar-refractivity contribution is -0.121. The molecular weight excluding hydrogens is 412 g/mol. The Bertz CT molecular complexity index is 1150. The molecular formula is C24H28N2O4S. The molecule has 0 atom stereocenters. The molecule has 31 heavy (non-hydrogen) atoms. The van der Waals surface area contributed by atoms with Gasteiger partial charge in [0.1, 0.15) is 12.4 Å². The molecule has 0 unspecified atom stereocenters. The zero-order chi connectivity index (χ0) is 22.3. The Labute approximate surface area is 183 Å². The summed E-state index contributed by atoms with van der Waals surface area (Å²) < 4.78 is 31.5. The first-order valence-electron chi connectivity index (χ1n) is 10.3. The van der Waals surface area contributed by atoms with Gasteiger partial charge < -0.3 is 10.1 Å². The summed E-state index contributed by atoms with van der Waals surface area (Å²) in [6.45, 7) is 2.88. The van der Waals surface area contributed by atoms with Crippen LogP contribution in [0.25, 0.3) is 10.8 Å². The second-order valence-electron chi connectivity index (χ2n) is 7.43. The average molecular weight is 441 g/mol. The third-order valence-corrected chi connectivity index (χ3v) is 6.14. The van der Waals surface area contributed by atoms with E-state index in [9.17, 15) is 13.2 Å². The summed E-state index contributed by atoms with van der Waals surface area (Å²) >= 11 is 0. The first-order valence-corrected chi connectivity index (χ1v) is 12.1. The van der Waals surface area contributed by atoms with Crippen LogP contribution < -0.4 is 14.4 Å². The van der Waals surface area contributed by atoms with Crippen LogP contribution >= 0.6 is 0 Å². The van der Waals surface area contributed by atoms with Crippen molar-refractivity contribution in [3.05, 3.63) is 72.3 Å². The van der Waals surface area contributed by atoms with Gasteiger partial charge in [0.15, 0.2) is 0 Å². The monoisotopic (exact) mass is 440 g/mol. The standard InChI is InChI=1S/C24H28N2O4S/c1-19-8-3-6-11-23(19)26(31(2,28)29)16-7-12-24(27)25-15-17-30-22-14-13-20-9-4-5-10-21(20)18-22/h3-6,8-11,13-14,18H,7,12,15-17H2,1-2H3,(H,25,27). The number of para-hydroxylation sites is 1. The van der Waals surface area contributed by atoms with Crippen molar-refractivity contribution in [1.82, 2.24) is 5.32 Å². The highest BCUT2D eigenvalue weighted by molar-refractivity contribution is 7.92. The van der Waals surface area contributed by atoms with Crippen molar-refractivity contribution in [1.29, 1.82) is 0 Å². The van der Waals surface area contributed by atoms with Gasteiger partial charge in [-0.2, -0.15) is 0 Å². The van der Waals surface area contributed by atoms with Gasteiger partial charge in [-0.05, 0) is 47.9 Å². The average Bonchev–Trinajstić information content (AvgIpc) is 2.74. The van der Waals surface area contributed by atoms with Crippen LogP contribution in [0.15, 0.2) is 66.7 Å². The molecule has 3 aromatic rings. The van der Waals surface area contributed by atoms with Gasteiger partial charge in [-0.1, -0.05) is 48.5 Å². The molecule has 0 heterocycles. The molecule has 1 N–H and O–H groups in total. The molecule has 0 spiro atoms. The van der Waals surface area contributed by atoms with E-state index < -0.39 is 10.0 Å². The second kappa shape index (κ2) is 10.3. The Balaban J connectivity index is 1.42. The fourth-order valence-corrected chi connectivity index (χ4v) is 4.42. The lowest BCUT2D eigenvalue weighted by Gasteiger charge is -2.24. The van der Waals surface area contributed by atoms with E-state index in [0.717, 1.165) is 22.1 Å². The minimum absolute atomic E-state index is 0.125. The highest BCUT2D eigenvalue weighted by atomic mass is 32.2. The molecule has 0 fully saturated rings. The molecule has 0 aromatic heterocycles. The third kappa shape index (κ3) is 6.46. The van der Waals surface area contributed by atoms with Crippen LogP contribution in [0.2, 0.25) is 0 Å². The predicted molar refractivity (Wildman–Crippen MR) is 125 cm³/mol. The van der Waals surface area contributed by atoms with Crippen LogP contribution in [0.1, 0.15) is 18.4 Å². The fourth-order valence-electron chi connectivity index (χ4n) is 3.40. The van der Waals surface area contributed by atoms with E-state index in [4.69, 9.17) is 4.74 Å². The van der Waals surface area contributed by atoms with Crippen molar-refractivity contribution in [3.63, 3.8) is 0 Å². The van der Waals surface area contributed by atoms with Gasteiger partial charge in [-0.3, -0.25) is 9.10 Å². The number of nitrogens with one attached hydrogen (secondary N) is 1. The van der Waals surface area contributed by atoms with Gasteiger partial charge >= 0.3 is 0 Å². The molecule has 6 nitrogen and oxygen atoms in total. The Morgan fingerprint density at radius 1 is 1.00 bits per heavy atom. The Kier molecular flexibility index (Phi) is 7.52. The summed E-state index contributed by atoms with van der Waals surface area (Å²) in [6, 6.07) is 21.3. The molecule has 164 valence electrons. The van der Waals surface area contributed by atoms with Crippen molar-refractivity contribution in [2.75, 3.05) is 30.3 Å². The number of anilines is 1. The number of benzene rings is 3. The minimum Gasteiger partial charge on any atom is -0.492 e. The molecule has 1 amide bonds. The van der Waals surface area contributed by atoms with Crippen molar-refractivity contribution in [3.8, 4) is 5.75 Å².